The second kappa shape index (κ2) is 15.7. The molecule has 2 aromatic carbocycles. The first-order valence-electron chi connectivity index (χ1n) is 14.3. The third-order valence-corrected chi connectivity index (χ3v) is 7.86. The maximum absolute atomic E-state index is 12.1. The standard InChI is InChI=1S/C16H12ClF3N4O3.C8H8ClN3O.C8H7NO/c1-7-11-13(24-27-14(11)21-8(2)12(7)17)23-15(25)22-9-3-5-10(6-4-9)26-16(18,19)20;1-3-5-7(10)12-13-8(5)11-4(2)6(3)9;1-7-2-4-8(5-3-7)9-6-10/h3-6H,1-2H3,(H2,22,23,24,25);1-2H3,(H2,10,12);2-5H,1H3. The van der Waals surface area contributed by atoms with Crippen LogP contribution in [-0.2, 0) is 4.79 Å². The molecule has 6 aromatic rings. The first-order valence-corrected chi connectivity index (χ1v) is 15.0. The minimum Gasteiger partial charge on any atom is -0.406 e. The Morgan fingerprint density at radius 3 is 1.94 bits per heavy atom. The van der Waals surface area contributed by atoms with Gasteiger partial charge in [0.15, 0.2) is 11.6 Å². The van der Waals surface area contributed by atoms with Crippen molar-refractivity contribution in [3.63, 3.8) is 0 Å². The van der Waals surface area contributed by atoms with E-state index in [4.69, 9.17) is 38.0 Å². The number of carbonyl (C=O) groups is 1. The monoisotopic (exact) mass is 730 g/mol. The summed E-state index contributed by atoms with van der Waals surface area (Å²) in [5, 5.41) is 14.5. The van der Waals surface area contributed by atoms with E-state index in [0.29, 0.717) is 49.3 Å². The molecule has 4 heterocycles. The summed E-state index contributed by atoms with van der Waals surface area (Å²) < 4.78 is 50.2. The minimum absolute atomic E-state index is 0.117. The zero-order chi connectivity index (χ0) is 36.7. The number of anilines is 3. The number of carbonyl (C=O) groups excluding carboxylic acids is 2. The number of nitrogens with zero attached hydrogens (tertiary/aromatic N) is 5. The summed E-state index contributed by atoms with van der Waals surface area (Å²) in [5.74, 6) is 0.0518. The average Bonchev–Trinajstić information content (AvgIpc) is 3.63. The second-order valence-electron chi connectivity index (χ2n) is 10.4. The van der Waals surface area contributed by atoms with E-state index in [2.05, 4.69) is 40.6 Å². The zero-order valence-corrected chi connectivity index (χ0v) is 28.4. The Hall–Kier alpha value is -5.70. The number of fused-ring (bicyclic) bond motifs is 2. The van der Waals surface area contributed by atoms with Gasteiger partial charge in [-0.3, -0.25) is 5.32 Å². The number of benzene rings is 2. The van der Waals surface area contributed by atoms with Gasteiger partial charge in [-0.25, -0.2) is 19.6 Å². The van der Waals surface area contributed by atoms with Crippen LogP contribution in [-0.4, -0.2) is 38.8 Å². The Morgan fingerprint density at radius 1 is 0.840 bits per heavy atom. The molecule has 260 valence electrons. The number of urea groups is 1. The summed E-state index contributed by atoms with van der Waals surface area (Å²) in [4.78, 5) is 33.6. The molecule has 2 amide bonds. The Balaban J connectivity index is 0.000000200. The van der Waals surface area contributed by atoms with Gasteiger partial charge in [-0.1, -0.05) is 51.2 Å². The number of nitrogen functional groups attached to an aromatic ring is 1. The number of aryl methyl sites for hydroxylation is 5. The fraction of sp³-hybridized carbons (Fsp3) is 0.188. The summed E-state index contributed by atoms with van der Waals surface area (Å²) in [6.45, 7) is 9.11. The van der Waals surface area contributed by atoms with Crippen LogP contribution in [0.25, 0.3) is 22.2 Å². The Labute approximate surface area is 291 Å². The molecule has 0 bridgehead atoms. The fourth-order valence-electron chi connectivity index (χ4n) is 4.35. The van der Waals surface area contributed by atoms with E-state index < -0.39 is 18.1 Å². The normalized spacial score (nSPS) is 10.8. The number of halogens is 5. The number of hydrogen-bond acceptors (Lipinski definition) is 11. The number of alkyl halides is 3. The van der Waals surface area contributed by atoms with Crippen LogP contribution in [0.15, 0.2) is 62.6 Å². The first-order chi connectivity index (χ1) is 23.6. The molecule has 0 saturated carbocycles. The van der Waals surface area contributed by atoms with Gasteiger partial charge in [0.25, 0.3) is 11.4 Å². The van der Waals surface area contributed by atoms with Crippen LogP contribution in [0, 0.1) is 34.6 Å². The summed E-state index contributed by atoms with van der Waals surface area (Å²) in [7, 11) is 0. The van der Waals surface area contributed by atoms with Crippen LogP contribution in [0.1, 0.15) is 28.1 Å². The maximum Gasteiger partial charge on any atom is 0.573 e. The largest absolute Gasteiger partial charge is 0.573 e. The fourth-order valence-corrected chi connectivity index (χ4v) is 4.62. The molecule has 0 aliphatic heterocycles. The number of nitrogens with two attached hydrogens (primary N) is 1. The van der Waals surface area contributed by atoms with Gasteiger partial charge in [0, 0.05) is 5.69 Å². The number of aromatic nitrogens is 4. The lowest BCUT2D eigenvalue weighted by atomic mass is 10.2. The van der Waals surface area contributed by atoms with E-state index >= 15 is 0 Å². The molecule has 0 aliphatic rings. The van der Waals surface area contributed by atoms with Crippen LogP contribution < -0.4 is 21.1 Å². The van der Waals surface area contributed by atoms with Crippen molar-refractivity contribution < 1.29 is 36.5 Å². The van der Waals surface area contributed by atoms with E-state index in [1.807, 2.05) is 32.9 Å². The van der Waals surface area contributed by atoms with E-state index in [9.17, 15) is 22.8 Å². The molecule has 18 heteroatoms. The number of ether oxygens (including phenoxy) is 1. The highest BCUT2D eigenvalue weighted by Crippen LogP contribution is 2.32. The van der Waals surface area contributed by atoms with E-state index in [0.717, 1.165) is 29.0 Å². The van der Waals surface area contributed by atoms with E-state index in [1.165, 1.54) is 18.2 Å². The topological polar surface area (TPSA) is 184 Å². The number of nitrogens with one attached hydrogen (secondary N) is 2. The lowest BCUT2D eigenvalue weighted by Crippen LogP contribution is -2.20. The highest BCUT2D eigenvalue weighted by molar-refractivity contribution is 6.33. The van der Waals surface area contributed by atoms with Gasteiger partial charge >= 0.3 is 12.4 Å². The number of rotatable bonds is 4. The lowest BCUT2D eigenvalue weighted by Gasteiger charge is -2.10. The quantitative estimate of drug-likeness (QED) is 0.117. The molecule has 6 rings (SSSR count). The molecule has 0 spiro atoms. The number of hydrogen-bond donors (Lipinski definition) is 3. The van der Waals surface area contributed by atoms with Crippen LogP contribution in [0.5, 0.6) is 5.75 Å². The van der Waals surface area contributed by atoms with Crippen LogP contribution in [0.2, 0.25) is 10.0 Å². The van der Waals surface area contributed by atoms with Crippen LogP contribution >= 0.6 is 23.2 Å². The predicted molar refractivity (Wildman–Crippen MR) is 182 cm³/mol. The zero-order valence-electron chi connectivity index (χ0n) is 26.9. The van der Waals surface area contributed by atoms with Crippen molar-refractivity contribution in [2.75, 3.05) is 16.4 Å². The lowest BCUT2D eigenvalue weighted by molar-refractivity contribution is -0.274. The van der Waals surface area contributed by atoms with Crippen LogP contribution in [0.3, 0.4) is 0 Å². The maximum atomic E-state index is 12.1. The second-order valence-corrected chi connectivity index (χ2v) is 11.2. The molecule has 0 radical (unpaired) electrons. The molecule has 0 saturated heterocycles. The van der Waals surface area contributed by atoms with Crippen molar-refractivity contribution >= 4 is 80.5 Å². The average molecular weight is 732 g/mol. The molecular formula is C32H27Cl2F3N8O5. The van der Waals surface area contributed by atoms with Crippen molar-refractivity contribution in [2.45, 2.75) is 41.0 Å². The number of amides is 2. The molecular weight excluding hydrogens is 704 g/mol. The van der Waals surface area contributed by atoms with Gasteiger partial charge in [0.05, 0.1) is 37.9 Å². The summed E-state index contributed by atoms with van der Waals surface area (Å²) in [6, 6.07) is 11.3. The van der Waals surface area contributed by atoms with E-state index in [-0.39, 0.29) is 17.2 Å². The van der Waals surface area contributed by atoms with Gasteiger partial charge in [-0.15, -0.1) is 13.2 Å². The van der Waals surface area contributed by atoms with Gasteiger partial charge < -0.3 is 24.8 Å². The predicted octanol–water partition coefficient (Wildman–Crippen LogP) is 9.07. The van der Waals surface area contributed by atoms with Crippen molar-refractivity contribution in [3.05, 3.63) is 86.7 Å². The molecule has 0 atom stereocenters. The first kappa shape index (κ1) is 37.1. The van der Waals surface area contributed by atoms with Crippen molar-refractivity contribution in [2.24, 2.45) is 4.99 Å². The number of aliphatic imine (C=N–C) groups is 1. The molecule has 4 N–H and O–H groups in total. The number of pyridine rings is 2. The van der Waals surface area contributed by atoms with Crippen molar-refractivity contribution in [1.29, 1.82) is 0 Å². The third kappa shape index (κ3) is 9.25. The molecule has 0 fully saturated rings. The molecule has 50 heavy (non-hydrogen) atoms. The Morgan fingerprint density at radius 2 is 1.38 bits per heavy atom. The highest BCUT2D eigenvalue weighted by atomic mass is 35.5. The van der Waals surface area contributed by atoms with Gasteiger partial charge in [-0.05, 0) is 82.1 Å². The summed E-state index contributed by atoms with van der Waals surface area (Å²) in [6.07, 6.45) is -3.31. The Kier molecular flexibility index (Phi) is 11.6. The highest BCUT2D eigenvalue weighted by Gasteiger charge is 2.31. The van der Waals surface area contributed by atoms with Crippen molar-refractivity contribution in [1.82, 2.24) is 20.3 Å². The third-order valence-electron chi connectivity index (χ3n) is 6.74. The number of isocyanates is 1. The molecule has 0 aliphatic carbocycles. The molecule has 4 aromatic heterocycles. The van der Waals surface area contributed by atoms with Gasteiger partial charge in [0.1, 0.15) is 5.75 Å². The summed E-state index contributed by atoms with van der Waals surface area (Å²) >= 11 is 12.2. The SMILES string of the molecule is Cc1ccc(N=C=O)cc1.Cc1nc2onc(N)c2c(C)c1Cl.Cc1nc2onc(NC(=O)Nc3ccc(OC(F)(F)F)cc3)c2c(C)c1Cl. The van der Waals surface area contributed by atoms with Gasteiger partial charge in [0.2, 0.25) is 6.08 Å². The summed E-state index contributed by atoms with van der Waals surface area (Å²) in [5.41, 5.74) is 11.1. The van der Waals surface area contributed by atoms with Crippen molar-refractivity contribution in [3.8, 4) is 5.75 Å². The smallest absolute Gasteiger partial charge is 0.406 e. The van der Waals surface area contributed by atoms with Gasteiger partial charge in [-0.2, -0.15) is 4.99 Å². The molecule has 13 nitrogen and oxygen atoms in total. The van der Waals surface area contributed by atoms with E-state index in [1.54, 1.807) is 26.0 Å². The minimum atomic E-state index is -4.79. The molecule has 0 unspecified atom stereocenters. The van der Waals surface area contributed by atoms with Crippen LogP contribution in [0.4, 0.5) is 41.0 Å². The Bertz CT molecular complexity index is 2200.